The summed E-state index contributed by atoms with van der Waals surface area (Å²) >= 11 is 12.3. The molecule has 0 fully saturated rings. The maximum absolute atomic E-state index is 9.57. The van der Waals surface area contributed by atoms with Gasteiger partial charge in [-0.05, 0) is 37.3 Å². The van der Waals surface area contributed by atoms with Gasteiger partial charge < -0.3 is 9.15 Å². The van der Waals surface area contributed by atoms with Crippen molar-refractivity contribution < 1.29 is 9.15 Å². The van der Waals surface area contributed by atoms with E-state index in [0.29, 0.717) is 38.6 Å². The number of rotatable bonds is 2. The van der Waals surface area contributed by atoms with Gasteiger partial charge in [0.15, 0.2) is 0 Å². The van der Waals surface area contributed by atoms with Crippen molar-refractivity contribution in [2.45, 2.75) is 12.8 Å². The molecule has 0 saturated carbocycles. The van der Waals surface area contributed by atoms with Crippen molar-refractivity contribution in [3.8, 4) is 23.3 Å². The van der Waals surface area contributed by atoms with Gasteiger partial charge in [0.2, 0.25) is 11.8 Å². The molecule has 1 aliphatic rings. The van der Waals surface area contributed by atoms with Crippen LogP contribution in [0.1, 0.15) is 22.9 Å². The summed E-state index contributed by atoms with van der Waals surface area (Å²) < 4.78 is 11.4. The number of nitrogens with one attached hydrogen (secondary N) is 2. The van der Waals surface area contributed by atoms with Crippen molar-refractivity contribution in [2.75, 3.05) is 0 Å². The number of aryl methyl sites for hydroxylation is 1. The van der Waals surface area contributed by atoms with Crippen molar-refractivity contribution in [2.24, 2.45) is 5.92 Å². The van der Waals surface area contributed by atoms with Gasteiger partial charge in [-0.2, -0.15) is 5.26 Å². The molecule has 0 bridgehead atoms. The Morgan fingerprint density at radius 2 is 2.08 bits per heavy atom. The van der Waals surface area contributed by atoms with Crippen LogP contribution in [-0.2, 0) is 0 Å². The summed E-state index contributed by atoms with van der Waals surface area (Å²) in [6.07, 6.45) is 0. The lowest BCUT2D eigenvalue weighted by Crippen LogP contribution is -2.30. The number of aromatic nitrogens is 2. The maximum Gasteiger partial charge on any atom is 0.243 e. The smallest absolute Gasteiger partial charge is 0.243 e. The first-order valence-corrected chi connectivity index (χ1v) is 8.51. The molecule has 4 rings (SSSR count). The Morgan fingerprint density at radius 1 is 1.27 bits per heavy atom. The van der Waals surface area contributed by atoms with E-state index < -0.39 is 11.8 Å². The Kier molecular flexibility index (Phi) is 3.98. The third-order valence-electron chi connectivity index (χ3n) is 4.36. The van der Waals surface area contributed by atoms with Crippen LogP contribution >= 0.6 is 23.2 Å². The van der Waals surface area contributed by atoms with Crippen LogP contribution in [0.3, 0.4) is 0 Å². The zero-order valence-corrected chi connectivity index (χ0v) is 15.0. The normalized spacial score (nSPS) is 18.9. The number of nitriles is 1. The van der Waals surface area contributed by atoms with Gasteiger partial charge in [0.1, 0.15) is 17.4 Å². The Bertz CT molecular complexity index is 1060. The van der Waals surface area contributed by atoms with E-state index in [1.54, 1.807) is 30.3 Å². The zero-order valence-electron chi connectivity index (χ0n) is 13.5. The predicted octanol–water partition coefficient (Wildman–Crippen LogP) is 4.93. The average molecular weight is 387 g/mol. The molecule has 2 unspecified atom stereocenters. The molecule has 2 N–H and O–H groups in total. The van der Waals surface area contributed by atoms with Crippen LogP contribution in [0.15, 0.2) is 34.7 Å². The zero-order chi connectivity index (χ0) is 18.4. The molecular formula is C18H12Cl2N4O2. The van der Waals surface area contributed by atoms with Crippen LogP contribution in [0.4, 0.5) is 0 Å². The Balaban J connectivity index is 1.84. The fourth-order valence-electron chi connectivity index (χ4n) is 3.14. The first-order chi connectivity index (χ1) is 12.5. The van der Waals surface area contributed by atoms with Crippen LogP contribution in [0.25, 0.3) is 11.3 Å². The molecule has 0 saturated heterocycles. The van der Waals surface area contributed by atoms with Gasteiger partial charge in [-0.15, -0.1) is 5.10 Å². The molecule has 1 aromatic carbocycles. The molecule has 0 spiro atoms. The number of H-pyrrole nitrogens is 1. The molecule has 1 aliphatic heterocycles. The van der Waals surface area contributed by atoms with Crippen LogP contribution in [0, 0.1) is 29.6 Å². The Hall–Kier alpha value is -2.75. The first-order valence-electron chi connectivity index (χ1n) is 7.75. The number of hydrogen-bond acceptors (Lipinski definition) is 5. The highest BCUT2D eigenvalue weighted by Gasteiger charge is 2.41. The van der Waals surface area contributed by atoms with E-state index in [1.165, 1.54) is 0 Å². The van der Waals surface area contributed by atoms with Gasteiger partial charge in [0.25, 0.3) is 0 Å². The molecule has 3 aromatic rings. The molecule has 2 atom stereocenters. The summed E-state index contributed by atoms with van der Waals surface area (Å²) in [5, 5.41) is 25.5. The predicted molar refractivity (Wildman–Crippen MR) is 96.8 cm³/mol. The van der Waals surface area contributed by atoms with E-state index in [1.807, 2.05) is 6.92 Å². The monoisotopic (exact) mass is 386 g/mol. The number of hydrogen-bond donors (Lipinski definition) is 2. The minimum atomic E-state index is -0.812. The molecule has 2 aromatic heterocycles. The van der Waals surface area contributed by atoms with E-state index >= 15 is 0 Å². The number of benzene rings is 1. The molecule has 130 valence electrons. The quantitative estimate of drug-likeness (QED) is 0.652. The second-order valence-corrected chi connectivity index (χ2v) is 6.79. The van der Waals surface area contributed by atoms with Crippen LogP contribution in [0.2, 0.25) is 10.0 Å². The average Bonchev–Trinajstić information content (AvgIpc) is 3.23. The molecule has 0 aliphatic carbocycles. The molecule has 0 amide bonds. The summed E-state index contributed by atoms with van der Waals surface area (Å²) in [5.74, 6) is -0.112. The topological polar surface area (TPSA) is 98.7 Å². The summed E-state index contributed by atoms with van der Waals surface area (Å²) in [5.41, 5.74) is 2.13. The number of halogens is 2. The van der Waals surface area contributed by atoms with Gasteiger partial charge in [-0.3, -0.25) is 10.5 Å². The lowest BCUT2D eigenvalue weighted by molar-refractivity contribution is 0.402. The Labute approximate surface area is 158 Å². The second-order valence-electron chi connectivity index (χ2n) is 5.94. The van der Waals surface area contributed by atoms with Gasteiger partial charge in [0.05, 0.1) is 17.0 Å². The maximum atomic E-state index is 9.57. The van der Waals surface area contributed by atoms with Crippen molar-refractivity contribution in [1.29, 1.82) is 10.7 Å². The van der Waals surface area contributed by atoms with Crippen molar-refractivity contribution in [1.82, 2.24) is 10.2 Å². The fourth-order valence-corrected chi connectivity index (χ4v) is 3.52. The largest absolute Gasteiger partial charge is 0.460 e. The van der Waals surface area contributed by atoms with Crippen LogP contribution in [-0.4, -0.2) is 16.1 Å². The van der Waals surface area contributed by atoms with Gasteiger partial charge in [-0.25, -0.2) is 0 Å². The summed E-state index contributed by atoms with van der Waals surface area (Å²) in [4.78, 5) is 0. The summed E-state index contributed by atoms with van der Waals surface area (Å²) in [6.45, 7) is 1.84. The third-order valence-corrected chi connectivity index (χ3v) is 4.92. The number of ether oxygens (including phenoxy) is 1. The summed E-state index contributed by atoms with van der Waals surface area (Å²) in [7, 11) is 0. The van der Waals surface area contributed by atoms with Crippen LogP contribution in [0.5, 0.6) is 5.88 Å². The molecule has 3 heterocycles. The fraction of sp³-hybridized carbons (Fsp3) is 0.167. The third kappa shape index (κ3) is 2.57. The van der Waals surface area contributed by atoms with E-state index in [-0.39, 0.29) is 5.90 Å². The Morgan fingerprint density at radius 3 is 2.85 bits per heavy atom. The van der Waals surface area contributed by atoms with Gasteiger partial charge >= 0.3 is 0 Å². The van der Waals surface area contributed by atoms with E-state index in [0.717, 1.165) is 5.69 Å². The molecular weight excluding hydrogens is 375 g/mol. The second kappa shape index (κ2) is 6.20. The highest BCUT2D eigenvalue weighted by Crippen LogP contribution is 2.44. The highest BCUT2D eigenvalue weighted by atomic mass is 35.5. The van der Waals surface area contributed by atoms with E-state index in [9.17, 15) is 5.26 Å². The van der Waals surface area contributed by atoms with E-state index in [2.05, 4.69) is 16.3 Å². The van der Waals surface area contributed by atoms with E-state index in [4.69, 9.17) is 37.8 Å². The molecule has 0 radical (unpaired) electrons. The molecule has 26 heavy (non-hydrogen) atoms. The lowest BCUT2D eigenvalue weighted by atomic mass is 9.83. The summed E-state index contributed by atoms with van der Waals surface area (Å²) in [6, 6.07) is 10.8. The standard InChI is InChI=1S/C18H12Cl2N4O2/c1-8-15-16(11(7-21)17(22)26-18(15)24-23-8)14-5-4-13(25-14)10-6-9(19)2-3-12(10)20/h2-6,11,16,22H,1H3,(H,23,24). The molecule has 6 nitrogen and oxygen atoms in total. The molecule has 8 heteroatoms. The lowest BCUT2D eigenvalue weighted by Gasteiger charge is -2.25. The number of fused-ring (bicyclic) bond motifs is 1. The van der Waals surface area contributed by atoms with Gasteiger partial charge in [-0.1, -0.05) is 23.2 Å². The van der Waals surface area contributed by atoms with Crippen LogP contribution < -0.4 is 4.74 Å². The number of furan rings is 1. The minimum absolute atomic E-state index is 0.157. The van der Waals surface area contributed by atoms with Gasteiger partial charge in [0, 0.05) is 21.8 Å². The first kappa shape index (κ1) is 16.7. The number of nitrogens with zero attached hydrogens (tertiary/aromatic N) is 2. The van der Waals surface area contributed by atoms with Crippen molar-refractivity contribution in [3.63, 3.8) is 0 Å². The minimum Gasteiger partial charge on any atom is -0.460 e. The highest BCUT2D eigenvalue weighted by molar-refractivity contribution is 6.35. The van der Waals surface area contributed by atoms with Crippen molar-refractivity contribution in [3.05, 3.63) is 57.4 Å². The SMILES string of the molecule is Cc1[nH]nc2c1C(c1ccc(-c3cc(Cl)ccc3Cl)o1)C(C#N)C(=N)O2. The van der Waals surface area contributed by atoms with Crippen molar-refractivity contribution >= 4 is 29.1 Å². The number of aromatic amines is 1.